The number of thiazole rings is 1. The van der Waals surface area contributed by atoms with E-state index in [0.717, 1.165) is 29.8 Å². The minimum Gasteiger partial charge on any atom is -0.379 e. The molecule has 1 aliphatic heterocycles. The summed E-state index contributed by atoms with van der Waals surface area (Å²) >= 11 is 1.51. The van der Waals surface area contributed by atoms with Crippen LogP contribution in [0.25, 0.3) is 0 Å². The van der Waals surface area contributed by atoms with E-state index in [2.05, 4.69) is 65.6 Å². The minimum atomic E-state index is -0.782. The van der Waals surface area contributed by atoms with E-state index in [1.165, 1.54) is 22.5 Å². The maximum absolute atomic E-state index is 14.6. The van der Waals surface area contributed by atoms with E-state index in [-0.39, 0.29) is 59.9 Å². The third kappa shape index (κ3) is 13.9. The lowest BCUT2D eigenvalue weighted by atomic mass is 9.89. The molecule has 0 spiro atoms. The normalized spacial score (nSPS) is 18.1. The fraction of sp³-hybridized carbons (Fsp3) is 0.620. The number of amides is 4. The summed E-state index contributed by atoms with van der Waals surface area (Å²) in [7, 11) is 6.93. The van der Waals surface area contributed by atoms with Crippen molar-refractivity contribution in [1.82, 2.24) is 30.3 Å². The van der Waals surface area contributed by atoms with Gasteiger partial charge in [0.15, 0.2) is 0 Å². The molecule has 2 N–H and O–H groups in total. The molecule has 2 aromatic carbocycles. The van der Waals surface area contributed by atoms with Crippen molar-refractivity contribution in [3.8, 4) is 0 Å². The average molecular weight is 889 g/mol. The van der Waals surface area contributed by atoms with Crippen LogP contribution in [0.1, 0.15) is 102 Å². The predicted octanol–water partition coefficient (Wildman–Crippen LogP) is 7.11. The summed E-state index contributed by atoms with van der Waals surface area (Å²) in [5.74, 6) is -1.44. The standard InChI is InChI=1S/C50H76N6O6S/c1-13-35(7)45(55(10)50(60)43(32(2)3)53-48(59)44(33(4)5)54(9)28-25-37-23-21-34(6)22-24-37)41(61-11)31-42(57)56-27-17-20-40(56)46(62-12)36(8)47(58)52-39(49-51-26-29-63-49)30-38-18-15-14-16-19-38/h14-16,18-19,21-24,26,29,32-33,35-36,39-41,43-46H,13,17,20,25,27-28,30-31H2,1-12H3,(H,52,58)(H,53,59)/t35-,36+,39-,40-,41+,43-,44-,45-,46+/m0/s1. The molecule has 9 atom stereocenters. The second-order valence-electron chi connectivity index (χ2n) is 18.3. The number of likely N-dealkylation sites (N-methyl/N-ethyl adjacent to an activating group) is 2. The van der Waals surface area contributed by atoms with Crippen LogP contribution in [-0.4, -0.2) is 121 Å². The van der Waals surface area contributed by atoms with Gasteiger partial charge >= 0.3 is 0 Å². The Morgan fingerprint density at radius 1 is 0.889 bits per heavy atom. The molecular weight excluding hydrogens is 813 g/mol. The summed E-state index contributed by atoms with van der Waals surface area (Å²) in [6.45, 7) is 17.3. The third-order valence-corrected chi connectivity index (χ3v) is 14.0. The first-order valence-electron chi connectivity index (χ1n) is 22.9. The number of hydrogen-bond donors (Lipinski definition) is 2. The van der Waals surface area contributed by atoms with Gasteiger partial charge in [0.1, 0.15) is 11.0 Å². The second-order valence-corrected chi connectivity index (χ2v) is 19.3. The monoisotopic (exact) mass is 889 g/mol. The molecule has 1 saturated heterocycles. The van der Waals surface area contributed by atoms with Gasteiger partial charge in [-0.1, -0.05) is 115 Å². The van der Waals surface area contributed by atoms with Gasteiger partial charge in [0.2, 0.25) is 23.6 Å². The zero-order valence-electron chi connectivity index (χ0n) is 40.0. The van der Waals surface area contributed by atoms with Gasteiger partial charge in [0.25, 0.3) is 0 Å². The maximum atomic E-state index is 14.6. The molecule has 348 valence electrons. The van der Waals surface area contributed by atoms with Crippen LogP contribution in [0, 0.1) is 30.6 Å². The Labute approximate surface area is 381 Å². The molecule has 3 aromatic rings. The van der Waals surface area contributed by atoms with Crippen molar-refractivity contribution in [3.05, 3.63) is 87.9 Å². The number of ether oxygens (including phenoxy) is 2. The highest BCUT2D eigenvalue weighted by molar-refractivity contribution is 7.09. The number of methoxy groups -OCH3 is 2. The summed E-state index contributed by atoms with van der Waals surface area (Å²) in [4.78, 5) is 67.3. The van der Waals surface area contributed by atoms with Crippen molar-refractivity contribution >= 4 is 35.0 Å². The number of likely N-dealkylation sites (tertiary alicyclic amines) is 1. The quantitative estimate of drug-likeness (QED) is 0.0973. The highest BCUT2D eigenvalue weighted by Gasteiger charge is 2.43. The van der Waals surface area contributed by atoms with E-state index >= 15 is 0 Å². The van der Waals surface area contributed by atoms with Crippen LogP contribution >= 0.6 is 11.3 Å². The molecule has 63 heavy (non-hydrogen) atoms. The Morgan fingerprint density at radius 3 is 2.14 bits per heavy atom. The second kappa shape index (κ2) is 24.8. The van der Waals surface area contributed by atoms with E-state index in [1.54, 1.807) is 32.4 Å². The van der Waals surface area contributed by atoms with Gasteiger partial charge in [0.05, 0.1) is 48.7 Å². The maximum Gasteiger partial charge on any atom is 0.245 e. The fourth-order valence-corrected chi connectivity index (χ4v) is 9.94. The Balaban J connectivity index is 1.47. The summed E-state index contributed by atoms with van der Waals surface area (Å²) in [6, 6.07) is 16.2. The summed E-state index contributed by atoms with van der Waals surface area (Å²) < 4.78 is 12.2. The molecule has 1 aromatic heterocycles. The van der Waals surface area contributed by atoms with Crippen LogP contribution in [0.4, 0.5) is 0 Å². The third-order valence-electron chi connectivity index (χ3n) is 13.1. The number of hydrogen-bond acceptors (Lipinski definition) is 9. The highest BCUT2D eigenvalue weighted by Crippen LogP contribution is 2.31. The molecule has 4 rings (SSSR count). The lowest BCUT2D eigenvalue weighted by Gasteiger charge is -2.41. The Kier molecular flexibility index (Phi) is 20.2. The predicted molar refractivity (Wildman–Crippen MR) is 252 cm³/mol. The van der Waals surface area contributed by atoms with Crippen LogP contribution in [0.2, 0.25) is 0 Å². The number of nitrogens with zero attached hydrogens (tertiary/aromatic N) is 4. The summed E-state index contributed by atoms with van der Waals surface area (Å²) in [5, 5.41) is 9.14. The zero-order chi connectivity index (χ0) is 46.4. The Morgan fingerprint density at radius 2 is 1.57 bits per heavy atom. The summed E-state index contributed by atoms with van der Waals surface area (Å²) in [5.41, 5.74) is 3.51. The zero-order valence-corrected chi connectivity index (χ0v) is 40.8. The van der Waals surface area contributed by atoms with Gasteiger partial charge in [-0.25, -0.2) is 4.98 Å². The van der Waals surface area contributed by atoms with Crippen molar-refractivity contribution in [1.29, 1.82) is 0 Å². The van der Waals surface area contributed by atoms with Crippen molar-refractivity contribution in [2.45, 2.75) is 136 Å². The molecule has 1 fully saturated rings. The van der Waals surface area contributed by atoms with E-state index in [0.29, 0.717) is 25.9 Å². The first-order valence-corrected chi connectivity index (χ1v) is 23.8. The molecule has 12 nitrogen and oxygen atoms in total. The number of rotatable bonds is 24. The van der Waals surface area contributed by atoms with Crippen LogP contribution in [0.15, 0.2) is 66.2 Å². The summed E-state index contributed by atoms with van der Waals surface area (Å²) in [6.07, 6.45) is 4.23. The van der Waals surface area contributed by atoms with Gasteiger partial charge in [-0.3, -0.25) is 24.1 Å². The van der Waals surface area contributed by atoms with Crippen LogP contribution in [0.5, 0.6) is 0 Å². The smallest absolute Gasteiger partial charge is 0.245 e. The lowest BCUT2D eigenvalue weighted by molar-refractivity contribution is -0.148. The molecule has 1 aliphatic rings. The number of aromatic nitrogens is 1. The van der Waals surface area contributed by atoms with E-state index in [1.807, 2.05) is 82.3 Å². The van der Waals surface area contributed by atoms with Crippen LogP contribution < -0.4 is 10.6 Å². The van der Waals surface area contributed by atoms with Crippen LogP contribution in [0.3, 0.4) is 0 Å². The van der Waals surface area contributed by atoms with Gasteiger partial charge in [-0.2, -0.15) is 0 Å². The Hall–Kier alpha value is -4.17. The van der Waals surface area contributed by atoms with Crippen molar-refractivity contribution < 1.29 is 28.7 Å². The Bertz CT molecular complexity index is 1860. The average Bonchev–Trinajstić information content (AvgIpc) is 3.99. The number of nitrogens with one attached hydrogen (secondary N) is 2. The van der Waals surface area contributed by atoms with Crippen molar-refractivity contribution in [3.63, 3.8) is 0 Å². The molecule has 0 saturated carbocycles. The van der Waals surface area contributed by atoms with E-state index in [9.17, 15) is 19.2 Å². The molecule has 0 aliphatic carbocycles. The van der Waals surface area contributed by atoms with Crippen molar-refractivity contribution in [2.24, 2.45) is 23.7 Å². The van der Waals surface area contributed by atoms with Gasteiger partial charge in [-0.05, 0) is 68.5 Å². The fourth-order valence-electron chi connectivity index (χ4n) is 9.25. The first-order chi connectivity index (χ1) is 30.0. The van der Waals surface area contributed by atoms with E-state index < -0.39 is 36.3 Å². The van der Waals surface area contributed by atoms with Gasteiger partial charge in [-0.15, -0.1) is 11.3 Å². The molecule has 0 radical (unpaired) electrons. The minimum absolute atomic E-state index is 0.00924. The SMILES string of the molecule is CC[C@H](C)[C@@H]([C@@H](CC(=O)N1CCC[C@H]1[C@H](OC)[C@@H](C)C(=O)N[C@@H](Cc1ccccc1)c1nccs1)OC)N(C)C(=O)[C@@H](NC(=O)[C@H](C(C)C)N(C)CCc1ccc(C)cc1)C(C)C. The molecular formula is C50H76N6O6S. The first kappa shape index (κ1) is 51.5. The van der Waals surface area contributed by atoms with Gasteiger partial charge < -0.3 is 29.9 Å². The number of benzene rings is 2. The molecule has 4 amide bonds. The van der Waals surface area contributed by atoms with E-state index in [4.69, 9.17) is 9.47 Å². The lowest BCUT2D eigenvalue weighted by Crippen LogP contribution is -2.60. The molecule has 2 heterocycles. The van der Waals surface area contributed by atoms with Crippen LogP contribution in [-0.2, 0) is 41.5 Å². The largest absolute Gasteiger partial charge is 0.379 e. The number of aryl methyl sites for hydroxylation is 1. The molecule has 0 bridgehead atoms. The van der Waals surface area contributed by atoms with Crippen molar-refractivity contribution in [2.75, 3.05) is 41.4 Å². The number of carbonyl (C=O) groups excluding carboxylic acids is 4. The molecule has 0 unspecified atom stereocenters. The topological polar surface area (TPSA) is 133 Å². The highest BCUT2D eigenvalue weighted by atomic mass is 32.1. The van der Waals surface area contributed by atoms with Gasteiger partial charge in [0, 0.05) is 45.9 Å². The molecule has 13 heteroatoms. The number of carbonyl (C=O) groups is 4.